The molecule has 0 radical (unpaired) electrons. The number of esters is 3. The first-order chi connectivity index (χ1) is 38.5. The van der Waals surface area contributed by atoms with Crippen molar-refractivity contribution >= 4 is 17.9 Å². The van der Waals surface area contributed by atoms with Crippen molar-refractivity contribution in [3.8, 4) is 0 Å². The second kappa shape index (κ2) is 65.1. The molecule has 0 N–H and O–H groups in total. The summed E-state index contributed by atoms with van der Waals surface area (Å²) in [5, 5.41) is 0. The molecule has 0 amide bonds. The molecule has 6 heteroatoms. The van der Waals surface area contributed by atoms with Crippen LogP contribution >= 0.6 is 0 Å². The van der Waals surface area contributed by atoms with E-state index in [0.29, 0.717) is 19.3 Å². The average Bonchev–Trinajstić information content (AvgIpc) is 3.44. The molecular weight excluding hydrogens is 961 g/mol. The van der Waals surface area contributed by atoms with Gasteiger partial charge in [-0.05, 0) is 135 Å². The summed E-state index contributed by atoms with van der Waals surface area (Å²) in [5.74, 6) is -0.950. The van der Waals surface area contributed by atoms with Crippen molar-refractivity contribution in [3.05, 3.63) is 134 Å². The molecule has 0 fully saturated rings. The average molecular weight is 1080 g/mol. The van der Waals surface area contributed by atoms with E-state index in [2.05, 4.69) is 154 Å². The fourth-order valence-electron chi connectivity index (χ4n) is 8.61. The summed E-state index contributed by atoms with van der Waals surface area (Å²) in [4.78, 5) is 38.2. The predicted octanol–water partition coefficient (Wildman–Crippen LogP) is 22.2. The van der Waals surface area contributed by atoms with Crippen LogP contribution in [0.15, 0.2) is 134 Å². The molecule has 0 aromatic carbocycles. The van der Waals surface area contributed by atoms with Gasteiger partial charge in [-0.25, -0.2) is 0 Å². The Morgan fingerprint density at radius 2 is 0.500 bits per heavy atom. The molecule has 0 aliphatic rings. The Morgan fingerprint density at radius 3 is 0.821 bits per heavy atom. The van der Waals surface area contributed by atoms with Crippen LogP contribution < -0.4 is 0 Å². The summed E-state index contributed by atoms with van der Waals surface area (Å²) in [7, 11) is 0. The normalized spacial score (nSPS) is 13.0. The van der Waals surface area contributed by atoms with Gasteiger partial charge in [0.15, 0.2) is 6.10 Å². The third kappa shape index (κ3) is 62.4. The van der Waals surface area contributed by atoms with E-state index < -0.39 is 6.10 Å². The Morgan fingerprint density at radius 1 is 0.269 bits per heavy atom. The van der Waals surface area contributed by atoms with Gasteiger partial charge in [-0.1, -0.05) is 264 Å². The van der Waals surface area contributed by atoms with E-state index >= 15 is 0 Å². The largest absolute Gasteiger partial charge is 0.462 e. The van der Waals surface area contributed by atoms with Gasteiger partial charge in [-0.3, -0.25) is 14.4 Å². The molecule has 0 aromatic rings. The molecule has 0 heterocycles. The van der Waals surface area contributed by atoms with Crippen molar-refractivity contribution < 1.29 is 28.6 Å². The number of allylic oxidation sites excluding steroid dienone is 22. The van der Waals surface area contributed by atoms with E-state index in [9.17, 15) is 14.4 Å². The Hall–Kier alpha value is -4.45. The molecule has 78 heavy (non-hydrogen) atoms. The summed E-state index contributed by atoms with van der Waals surface area (Å²) in [6.07, 6.45) is 91.9. The molecule has 0 aliphatic heterocycles. The molecule has 1 unspecified atom stereocenters. The Balaban J connectivity index is 4.21. The first-order valence-electron chi connectivity index (χ1n) is 32.2. The summed E-state index contributed by atoms with van der Waals surface area (Å²) in [6, 6.07) is 0. The van der Waals surface area contributed by atoms with E-state index in [4.69, 9.17) is 14.2 Å². The highest BCUT2D eigenvalue weighted by molar-refractivity contribution is 5.71. The van der Waals surface area contributed by atoms with Crippen molar-refractivity contribution in [2.24, 2.45) is 0 Å². The highest BCUT2D eigenvalue weighted by Crippen LogP contribution is 2.16. The van der Waals surface area contributed by atoms with Gasteiger partial charge < -0.3 is 14.2 Å². The molecule has 0 saturated heterocycles. The van der Waals surface area contributed by atoms with Gasteiger partial charge in [0.1, 0.15) is 13.2 Å². The molecule has 0 bridgehead atoms. The topological polar surface area (TPSA) is 78.9 Å². The molecule has 1 atom stereocenters. The Kier molecular flexibility index (Phi) is 61.4. The fraction of sp³-hybridized carbons (Fsp3) is 0.653. The predicted molar refractivity (Wildman–Crippen MR) is 339 cm³/mol. The zero-order valence-corrected chi connectivity index (χ0v) is 50.6. The van der Waals surface area contributed by atoms with Crippen molar-refractivity contribution in [3.63, 3.8) is 0 Å². The van der Waals surface area contributed by atoms with Crippen LogP contribution in [0.1, 0.15) is 284 Å². The van der Waals surface area contributed by atoms with Crippen molar-refractivity contribution in [2.75, 3.05) is 13.2 Å². The summed E-state index contributed by atoms with van der Waals surface area (Å²) >= 11 is 0. The van der Waals surface area contributed by atoms with Crippen molar-refractivity contribution in [1.29, 1.82) is 0 Å². The second-order valence-electron chi connectivity index (χ2n) is 20.9. The molecule has 442 valence electrons. The second-order valence-corrected chi connectivity index (χ2v) is 20.9. The first-order valence-corrected chi connectivity index (χ1v) is 32.2. The van der Waals surface area contributed by atoms with Gasteiger partial charge in [0.05, 0.1) is 0 Å². The van der Waals surface area contributed by atoms with E-state index in [1.54, 1.807) is 0 Å². The summed E-state index contributed by atoms with van der Waals surface area (Å²) < 4.78 is 16.8. The molecule has 0 rings (SSSR count). The van der Waals surface area contributed by atoms with Crippen molar-refractivity contribution in [2.45, 2.75) is 290 Å². The maximum Gasteiger partial charge on any atom is 0.306 e. The maximum atomic E-state index is 12.8. The monoisotopic (exact) mass is 1080 g/mol. The van der Waals surface area contributed by atoms with Gasteiger partial charge >= 0.3 is 17.9 Å². The first kappa shape index (κ1) is 73.5. The van der Waals surface area contributed by atoms with Crippen LogP contribution in [-0.2, 0) is 28.6 Å². The molecule has 0 spiro atoms. The van der Waals surface area contributed by atoms with Gasteiger partial charge in [-0.2, -0.15) is 0 Å². The lowest BCUT2D eigenvalue weighted by Crippen LogP contribution is -2.30. The number of ether oxygens (including phenoxy) is 3. The van der Waals surface area contributed by atoms with Crippen LogP contribution in [0.2, 0.25) is 0 Å². The zero-order valence-electron chi connectivity index (χ0n) is 50.6. The lowest BCUT2D eigenvalue weighted by atomic mass is 10.0. The number of hydrogen-bond donors (Lipinski definition) is 0. The van der Waals surface area contributed by atoms with Crippen LogP contribution in [0, 0.1) is 0 Å². The van der Waals surface area contributed by atoms with E-state index in [1.807, 2.05) is 0 Å². The highest BCUT2D eigenvalue weighted by atomic mass is 16.6. The summed E-state index contributed by atoms with van der Waals surface area (Å²) in [5.41, 5.74) is 0. The zero-order chi connectivity index (χ0) is 56.4. The molecule has 6 nitrogen and oxygen atoms in total. The highest BCUT2D eigenvalue weighted by Gasteiger charge is 2.19. The van der Waals surface area contributed by atoms with E-state index in [-0.39, 0.29) is 37.5 Å². The van der Waals surface area contributed by atoms with E-state index in [0.717, 1.165) is 128 Å². The number of carbonyl (C=O) groups excluding carboxylic acids is 3. The van der Waals surface area contributed by atoms with Crippen LogP contribution in [0.4, 0.5) is 0 Å². The smallest absolute Gasteiger partial charge is 0.306 e. The number of unbranched alkanes of at least 4 members (excludes halogenated alkanes) is 24. The molecular formula is C72H118O6. The molecule has 0 saturated carbocycles. The van der Waals surface area contributed by atoms with Crippen molar-refractivity contribution in [1.82, 2.24) is 0 Å². The summed E-state index contributed by atoms with van der Waals surface area (Å²) in [6.45, 7) is 6.35. The SMILES string of the molecule is CC/C=C\C/C=C\C/C=C\C/C=C\C/C=C\C/C=C\CCCCCCCCCCCCCCCCC(=O)OCC(COC(=O)CCCCCCC/C=C\CCCCC)OC(=O)CCCC/C=C\C/C=C\C/C=C\C/C=C\CC. The third-order valence-electron chi connectivity index (χ3n) is 13.4. The standard InChI is InChI=1S/C72H118O6/c1-4-7-10-13-16-19-22-25-27-28-29-30-31-32-33-34-35-36-37-38-39-40-41-42-43-44-46-47-50-53-56-59-62-65-71(74)77-68-69(67-76-70(73)64-61-58-55-52-49-24-21-18-15-12-9-6-3)78-72(75)66-63-60-57-54-51-48-45-26-23-20-17-14-11-8-5-2/h7-8,10-11,16-21,25-27,29-30,32-33,35-36,45,51,54,69H,4-6,9,12-15,22-24,28,31,34,37-44,46-50,52-53,55-68H2,1-3H3/b10-7-,11-8-,19-16-,20-17-,21-18-,27-25-,30-29-,33-32-,36-35-,45-26-,54-51-. The minimum atomic E-state index is -0.806. The number of carbonyl (C=O) groups is 3. The number of rotatable bonds is 57. The van der Waals surface area contributed by atoms with Gasteiger partial charge in [0.25, 0.3) is 0 Å². The minimum Gasteiger partial charge on any atom is -0.462 e. The maximum absolute atomic E-state index is 12.8. The lowest BCUT2D eigenvalue weighted by Gasteiger charge is -2.18. The van der Waals surface area contributed by atoms with Crippen LogP contribution in [-0.4, -0.2) is 37.2 Å². The Labute approximate surface area is 481 Å². The van der Waals surface area contributed by atoms with Gasteiger partial charge in [-0.15, -0.1) is 0 Å². The van der Waals surface area contributed by atoms with Gasteiger partial charge in [0, 0.05) is 19.3 Å². The van der Waals surface area contributed by atoms with Gasteiger partial charge in [0.2, 0.25) is 0 Å². The number of hydrogen-bond acceptors (Lipinski definition) is 6. The van der Waals surface area contributed by atoms with Crippen LogP contribution in [0.5, 0.6) is 0 Å². The lowest BCUT2D eigenvalue weighted by molar-refractivity contribution is -0.167. The molecule has 0 aromatic heterocycles. The van der Waals surface area contributed by atoms with Crippen LogP contribution in [0.25, 0.3) is 0 Å². The molecule has 0 aliphatic carbocycles. The fourth-order valence-corrected chi connectivity index (χ4v) is 8.61. The Bertz CT molecular complexity index is 1670. The third-order valence-corrected chi connectivity index (χ3v) is 13.4. The van der Waals surface area contributed by atoms with E-state index in [1.165, 1.54) is 109 Å². The van der Waals surface area contributed by atoms with Crippen LogP contribution in [0.3, 0.4) is 0 Å². The minimum absolute atomic E-state index is 0.0993. The quantitative estimate of drug-likeness (QED) is 0.0261.